The van der Waals surface area contributed by atoms with Crippen LogP contribution in [-0.2, 0) is 10.8 Å². The van der Waals surface area contributed by atoms with Gasteiger partial charge in [-0.25, -0.2) is 0 Å². The number of rotatable bonds is 4. The molecule has 0 saturated carbocycles. The van der Waals surface area contributed by atoms with Crippen LogP contribution in [0.2, 0.25) is 0 Å². The standard InChI is InChI=1S/C58H44/c1-57(2)53-33-49(45-25-21-37-13-5-9-17-41(37)29-45)51(47-27-23-39-15-7-11-19-43(39)31-47)35-55(53)58(3,4)56-36-52(48-28-24-40-16-8-12-20-44(40)32-48)50(34-54(56)57)46-26-22-38-14-6-10-18-42(38)30-46/h5-36H,1-4H3. The molecule has 10 aromatic rings. The zero-order valence-corrected chi connectivity index (χ0v) is 33.5. The molecule has 0 radical (unpaired) electrons. The molecule has 58 heavy (non-hydrogen) atoms. The monoisotopic (exact) mass is 740 g/mol. The summed E-state index contributed by atoms with van der Waals surface area (Å²) in [6.07, 6.45) is 0. The molecule has 1 aliphatic rings. The topological polar surface area (TPSA) is 0 Å². The predicted molar refractivity (Wildman–Crippen MR) is 249 cm³/mol. The summed E-state index contributed by atoms with van der Waals surface area (Å²) < 4.78 is 0. The maximum atomic E-state index is 2.54. The molecule has 0 N–H and O–H groups in total. The van der Waals surface area contributed by atoms with Crippen molar-refractivity contribution in [2.75, 3.05) is 0 Å². The fourth-order valence-corrected chi connectivity index (χ4v) is 9.94. The Morgan fingerprint density at radius 2 is 0.431 bits per heavy atom. The smallest absolute Gasteiger partial charge is 0.0153 e. The van der Waals surface area contributed by atoms with E-state index in [4.69, 9.17) is 0 Å². The van der Waals surface area contributed by atoms with Gasteiger partial charge >= 0.3 is 0 Å². The third kappa shape index (κ3) is 5.43. The first-order valence-electron chi connectivity index (χ1n) is 20.6. The van der Waals surface area contributed by atoms with Crippen LogP contribution < -0.4 is 0 Å². The van der Waals surface area contributed by atoms with Gasteiger partial charge in [-0.15, -0.1) is 0 Å². The van der Waals surface area contributed by atoms with Gasteiger partial charge in [0, 0.05) is 10.8 Å². The van der Waals surface area contributed by atoms with Crippen molar-refractivity contribution in [1.82, 2.24) is 0 Å². The molecule has 0 saturated heterocycles. The first kappa shape index (κ1) is 34.5. The summed E-state index contributed by atoms with van der Waals surface area (Å²) in [6.45, 7) is 9.78. The largest absolute Gasteiger partial charge is 0.0616 e. The lowest BCUT2D eigenvalue weighted by Crippen LogP contribution is -2.37. The van der Waals surface area contributed by atoms with E-state index in [1.165, 1.54) is 110 Å². The quantitative estimate of drug-likeness (QED) is 0.169. The summed E-state index contributed by atoms with van der Waals surface area (Å²) in [5.74, 6) is 0. The Balaban J connectivity index is 1.18. The van der Waals surface area contributed by atoms with Crippen molar-refractivity contribution >= 4 is 43.1 Å². The zero-order chi connectivity index (χ0) is 39.2. The van der Waals surface area contributed by atoms with Crippen molar-refractivity contribution in [2.24, 2.45) is 0 Å². The maximum absolute atomic E-state index is 2.54. The van der Waals surface area contributed by atoms with Crippen LogP contribution >= 0.6 is 0 Å². The highest BCUT2D eigenvalue weighted by molar-refractivity contribution is 5.97. The SMILES string of the molecule is CC1(C)c2cc(-c3ccc4ccccc4c3)c(-c3ccc4ccccc4c3)cc2C(C)(C)c2cc(-c3ccc4ccccc4c3)c(-c3ccc4ccccc4c3)cc21. The van der Waals surface area contributed by atoms with Crippen LogP contribution in [-0.4, -0.2) is 0 Å². The second-order valence-electron chi connectivity index (χ2n) is 17.4. The van der Waals surface area contributed by atoms with Crippen molar-refractivity contribution < 1.29 is 0 Å². The number of benzene rings is 10. The fraction of sp³-hybridized carbons (Fsp3) is 0.103. The third-order valence-electron chi connectivity index (χ3n) is 13.3. The Morgan fingerprint density at radius 1 is 0.224 bits per heavy atom. The molecule has 0 nitrogen and oxygen atoms in total. The summed E-state index contributed by atoms with van der Waals surface area (Å²) in [6, 6.07) is 72.9. The Morgan fingerprint density at radius 3 is 0.655 bits per heavy atom. The lowest BCUT2D eigenvalue weighted by Gasteiger charge is -2.45. The van der Waals surface area contributed by atoms with Crippen molar-refractivity contribution in [3.63, 3.8) is 0 Å². The van der Waals surface area contributed by atoms with Gasteiger partial charge in [-0.3, -0.25) is 0 Å². The Labute approximate surface area is 341 Å². The van der Waals surface area contributed by atoms with Gasteiger partial charge in [0.25, 0.3) is 0 Å². The molecule has 1 aliphatic carbocycles. The average molecular weight is 741 g/mol. The van der Waals surface area contributed by atoms with Crippen LogP contribution in [0.25, 0.3) is 87.6 Å². The van der Waals surface area contributed by atoms with Crippen LogP contribution in [0.4, 0.5) is 0 Å². The van der Waals surface area contributed by atoms with Gasteiger partial charge in [-0.2, -0.15) is 0 Å². The molecule has 11 rings (SSSR count). The number of hydrogen-bond acceptors (Lipinski definition) is 0. The minimum Gasteiger partial charge on any atom is -0.0616 e. The van der Waals surface area contributed by atoms with Gasteiger partial charge in [0.05, 0.1) is 0 Å². The molecule has 10 aromatic carbocycles. The molecule has 0 aliphatic heterocycles. The zero-order valence-electron chi connectivity index (χ0n) is 33.5. The summed E-state index contributed by atoms with van der Waals surface area (Å²) in [7, 11) is 0. The summed E-state index contributed by atoms with van der Waals surface area (Å²) in [5, 5.41) is 10.1. The molecule has 0 atom stereocenters. The lowest BCUT2D eigenvalue weighted by molar-refractivity contribution is 0.521. The number of fused-ring (bicyclic) bond motifs is 6. The van der Waals surface area contributed by atoms with Crippen molar-refractivity contribution in [2.45, 2.75) is 38.5 Å². The molecule has 0 fully saturated rings. The van der Waals surface area contributed by atoms with Gasteiger partial charge < -0.3 is 0 Å². The second kappa shape index (κ2) is 12.9. The molecular formula is C58H44. The van der Waals surface area contributed by atoms with E-state index in [1.54, 1.807) is 0 Å². The summed E-state index contributed by atoms with van der Waals surface area (Å²) >= 11 is 0. The first-order valence-corrected chi connectivity index (χ1v) is 20.6. The first-order chi connectivity index (χ1) is 28.2. The minimum absolute atomic E-state index is 0.277. The minimum atomic E-state index is -0.277. The predicted octanol–water partition coefficient (Wildman–Crippen LogP) is 15.9. The van der Waals surface area contributed by atoms with Crippen LogP contribution in [0.5, 0.6) is 0 Å². The van der Waals surface area contributed by atoms with Crippen molar-refractivity contribution in [1.29, 1.82) is 0 Å². The Hall–Kier alpha value is -6.76. The van der Waals surface area contributed by atoms with Gasteiger partial charge in [-0.1, -0.05) is 173 Å². The van der Waals surface area contributed by atoms with E-state index < -0.39 is 0 Å². The molecular weight excluding hydrogens is 697 g/mol. The lowest BCUT2D eigenvalue weighted by atomic mass is 9.58. The van der Waals surface area contributed by atoms with Crippen LogP contribution in [0, 0.1) is 0 Å². The Bertz CT molecular complexity index is 2840. The Kier molecular flexibility index (Phi) is 7.66. The van der Waals surface area contributed by atoms with E-state index in [2.05, 4.69) is 222 Å². The van der Waals surface area contributed by atoms with E-state index in [9.17, 15) is 0 Å². The molecule has 0 bridgehead atoms. The molecule has 0 heteroatoms. The molecule has 0 amide bonds. The highest BCUT2D eigenvalue weighted by Gasteiger charge is 2.43. The van der Waals surface area contributed by atoms with Crippen molar-refractivity contribution in [3.05, 3.63) is 216 Å². The van der Waals surface area contributed by atoms with E-state index in [0.717, 1.165) is 0 Å². The summed E-state index contributed by atoms with van der Waals surface area (Å²) in [4.78, 5) is 0. The van der Waals surface area contributed by atoms with Crippen LogP contribution in [0.15, 0.2) is 194 Å². The summed E-state index contributed by atoms with van der Waals surface area (Å²) in [5.41, 5.74) is 15.1. The fourth-order valence-electron chi connectivity index (χ4n) is 9.94. The molecule has 0 unspecified atom stereocenters. The van der Waals surface area contributed by atoms with Crippen LogP contribution in [0.1, 0.15) is 49.9 Å². The van der Waals surface area contributed by atoms with E-state index in [1.807, 2.05) is 0 Å². The van der Waals surface area contributed by atoms with Gasteiger partial charge in [-0.05, 0) is 158 Å². The number of hydrogen-bond donors (Lipinski definition) is 0. The molecule has 0 aromatic heterocycles. The van der Waals surface area contributed by atoms with Gasteiger partial charge in [0.1, 0.15) is 0 Å². The highest BCUT2D eigenvalue weighted by Crippen LogP contribution is 2.55. The van der Waals surface area contributed by atoms with Crippen molar-refractivity contribution in [3.8, 4) is 44.5 Å². The third-order valence-corrected chi connectivity index (χ3v) is 13.3. The van der Waals surface area contributed by atoms with E-state index in [-0.39, 0.29) is 10.8 Å². The second-order valence-corrected chi connectivity index (χ2v) is 17.4. The van der Waals surface area contributed by atoms with Crippen LogP contribution in [0.3, 0.4) is 0 Å². The average Bonchev–Trinajstić information content (AvgIpc) is 3.27. The van der Waals surface area contributed by atoms with E-state index in [0.29, 0.717) is 0 Å². The maximum Gasteiger partial charge on any atom is 0.0153 e. The van der Waals surface area contributed by atoms with Gasteiger partial charge in [0.15, 0.2) is 0 Å². The highest BCUT2D eigenvalue weighted by atomic mass is 14.5. The molecule has 0 spiro atoms. The molecule has 276 valence electrons. The normalized spacial score (nSPS) is 14.1. The molecule has 0 heterocycles. The van der Waals surface area contributed by atoms with E-state index >= 15 is 0 Å². The van der Waals surface area contributed by atoms with Gasteiger partial charge in [0.2, 0.25) is 0 Å².